The lowest BCUT2D eigenvalue weighted by Gasteiger charge is -2.28. The number of fused-ring (bicyclic) bond motifs is 1. The zero-order valence-electron chi connectivity index (χ0n) is 15.4. The van der Waals surface area contributed by atoms with E-state index in [9.17, 15) is 9.59 Å². The molecule has 2 amide bonds. The number of benzene rings is 2. The second-order valence-electron chi connectivity index (χ2n) is 7.19. The molecule has 2 aromatic carbocycles. The normalized spacial score (nSPS) is 13.8. The number of rotatable bonds is 5. The van der Waals surface area contributed by atoms with Crippen molar-refractivity contribution in [1.29, 1.82) is 0 Å². The Morgan fingerprint density at radius 1 is 1.15 bits per heavy atom. The second-order valence-corrected chi connectivity index (χ2v) is 7.19. The van der Waals surface area contributed by atoms with Crippen LogP contribution in [0, 0.1) is 0 Å². The number of carbonyl (C=O) groups excluding carboxylic acids is 2. The zero-order chi connectivity index (χ0) is 18.7. The van der Waals surface area contributed by atoms with Crippen LogP contribution in [-0.4, -0.2) is 25.5 Å². The molecular formula is C21H24N2O3. The van der Waals surface area contributed by atoms with E-state index in [1.54, 1.807) is 30.1 Å². The summed E-state index contributed by atoms with van der Waals surface area (Å²) < 4.78 is 5.55. The fourth-order valence-corrected chi connectivity index (χ4v) is 3.08. The highest BCUT2D eigenvalue weighted by molar-refractivity contribution is 6.01. The van der Waals surface area contributed by atoms with Crippen molar-refractivity contribution in [1.82, 2.24) is 0 Å². The van der Waals surface area contributed by atoms with E-state index < -0.39 is 0 Å². The van der Waals surface area contributed by atoms with Gasteiger partial charge >= 0.3 is 0 Å². The predicted molar refractivity (Wildman–Crippen MR) is 103 cm³/mol. The first-order valence-corrected chi connectivity index (χ1v) is 8.76. The van der Waals surface area contributed by atoms with Gasteiger partial charge in [-0.15, -0.1) is 0 Å². The molecule has 1 N–H and O–H groups in total. The van der Waals surface area contributed by atoms with Crippen LogP contribution in [0.3, 0.4) is 0 Å². The number of para-hydroxylation sites is 1. The molecule has 1 aliphatic rings. The van der Waals surface area contributed by atoms with Crippen molar-refractivity contribution in [3.8, 4) is 5.75 Å². The van der Waals surface area contributed by atoms with Gasteiger partial charge in [-0.05, 0) is 29.5 Å². The number of carbonyl (C=O) groups is 2. The summed E-state index contributed by atoms with van der Waals surface area (Å²) in [5.41, 5.74) is 2.40. The Morgan fingerprint density at radius 2 is 1.88 bits per heavy atom. The van der Waals surface area contributed by atoms with Crippen molar-refractivity contribution < 1.29 is 14.3 Å². The van der Waals surface area contributed by atoms with Crippen LogP contribution in [0.25, 0.3) is 0 Å². The lowest BCUT2D eigenvalue weighted by molar-refractivity contribution is -0.121. The SMILES string of the molecule is CN1C(=O)COc2c(NC(=O)CCC(C)(C)c3ccccc3)cccc21. The van der Waals surface area contributed by atoms with Gasteiger partial charge in [-0.2, -0.15) is 0 Å². The van der Waals surface area contributed by atoms with Gasteiger partial charge in [0.2, 0.25) is 5.91 Å². The Kier molecular flexibility index (Phi) is 4.98. The van der Waals surface area contributed by atoms with Gasteiger partial charge in [-0.25, -0.2) is 0 Å². The molecule has 1 aliphatic heterocycles. The topological polar surface area (TPSA) is 58.6 Å². The molecule has 5 heteroatoms. The van der Waals surface area contributed by atoms with Crippen LogP contribution in [-0.2, 0) is 15.0 Å². The van der Waals surface area contributed by atoms with E-state index in [0.29, 0.717) is 23.5 Å². The Morgan fingerprint density at radius 3 is 2.62 bits per heavy atom. The Balaban J connectivity index is 1.67. The molecule has 1 heterocycles. The highest BCUT2D eigenvalue weighted by Crippen LogP contribution is 2.38. The van der Waals surface area contributed by atoms with Crippen molar-refractivity contribution in [2.24, 2.45) is 0 Å². The van der Waals surface area contributed by atoms with Gasteiger partial charge in [-0.1, -0.05) is 50.2 Å². The minimum atomic E-state index is -0.106. The fraction of sp³-hybridized carbons (Fsp3) is 0.333. The molecule has 0 saturated heterocycles. The van der Waals surface area contributed by atoms with Crippen LogP contribution < -0.4 is 15.0 Å². The van der Waals surface area contributed by atoms with Crippen molar-refractivity contribution in [2.45, 2.75) is 32.1 Å². The number of amides is 2. The lowest BCUT2D eigenvalue weighted by atomic mass is 9.80. The summed E-state index contributed by atoms with van der Waals surface area (Å²) in [6, 6.07) is 15.6. The van der Waals surface area contributed by atoms with Crippen LogP contribution >= 0.6 is 0 Å². The van der Waals surface area contributed by atoms with Gasteiger partial charge < -0.3 is 15.0 Å². The van der Waals surface area contributed by atoms with Gasteiger partial charge in [0, 0.05) is 13.5 Å². The number of hydrogen-bond acceptors (Lipinski definition) is 3. The first-order chi connectivity index (χ1) is 12.4. The summed E-state index contributed by atoms with van der Waals surface area (Å²) in [5, 5.41) is 2.93. The van der Waals surface area contributed by atoms with E-state index in [-0.39, 0.29) is 23.8 Å². The molecule has 136 valence electrons. The molecule has 0 aromatic heterocycles. The standard InChI is InChI=1S/C21H24N2O3/c1-21(2,15-8-5-4-6-9-15)13-12-18(24)22-16-10-7-11-17-20(16)26-14-19(25)23(17)3/h4-11H,12-14H2,1-3H3,(H,22,24). The maximum absolute atomic E-state index is 12.5. The van der Waals surface area contributed by atoms with Crippen molar-refractivity contribution in [2.75, 3.05) is 23.9 Å². The highest BCUT2D eigenvalue weighted by Gasteiger charge is 2.26. The zero-order valence-corrected chi connectivity index (χ0v) is 15.4. The van der Waals surface area contributed by atoms with Gasteiger partial charge in [0.25, 0.3) is 5.91 Å². The molecule has 3 rings (SSSR count). The summed E-state index contributed by atoms with van der Waals surface area (Å²) in [6.45, 7) is 4.27. The van der Waals surface area contributed by atoms with Crippen LogP contribution in [0.2, 0.25) is 0 Å². The number of nitrogens with one attached hydrogen (secondary N) is 1. The number of anilines is 2. The van der Waals surface area contributed by atoms with Crippen molar-refractivity contribution in [3.05, 3.63) is 54.1 Å². The van der Waals surface area contributed by atoms with Gasteiger partial charge in [-0.3, -0.25) is 9.59 Å². The molecule has 5 nitrogen and oxygen atoms in total. The number of nitrogens with zero attached hydrogens (tertiary/aromatic N) is 1. The molecule has 0 saturated carbocycles. The fourth-order valence-electron chi connectivity index (χ4n) is 3.08. The lowest BCUT2D eigenvalue weighted by Crippen LogP contribution is -2.35. The Labute approximate surface area is 154 Å². The van der Waals surface area contributed by atoms with Gasteiger partial charge in [0.15, 0.2) is 12.4 Å². The summed E-state index contributed by atoms with van der Waals surface area (Å²) in [6.07, 6.45) is 1.14. The van der Waals surface area contributed by atoms with Crippen LogP contribution in [0.4, 0.5) is 11.4 Å². The number of likely N-dealkylation sites (N-methyl/N-ethyl adjacent to an activating group) is 1. The van der Waals surface area contributed by atoms with Crippen LogP contribution in [0.5, 0.6) is 5.75 Å². The largest absolute Gasteiger partial charge is 0.479 e. The average molecular weight is 352 g/mol. The molecule has 0 radical (unpaired) electrons. The third-order valence-corrected chi connectivity index (χ3v) is 4.88. The maximum atomic E-state index is 12.5. The second kappa shape index (κ2) is 7.20. The molecule has 0 spiro atoms. The summed E-state index contributed by atoms with van der Waals surface area (Å²) in [7, 11) is 1.71. The molecule has 2 aromatic rings. The van der Waals surface area contributed by atoms with Gasteiger partial charge in [0.1, 0.15) is 0 Å². The van der Waals surface area contributed by atoms with E-state index in [1.807, 2.05) is 18.2 Å². The van der Waals surface area contributed by atoms with E-state index in [2.05, 4.69) is 31.3 Å². The molecule has 0 unspecified atom stereocenters. The first kappa shape index (κ1) is 18.0. The van der Waals surface area contributed by atoms with Crippen LogP contribution in [0.1, 0.15) is 32.3 Å². The molecule has 0 aliphatic carbocycles. The maximum Gasteiger partial charge on any atom is 0.264 e. The minimum absolute atomic E-state index is 0.0164. The summed E-state index contributed by atoms with van der Waals surface area (Å²) in [5.74, 6) is 0.376. The Bertz CT molecular complexity index is 815. The molecule has 0 bridgehead atoms. The van der Waals surface area contributed by atoms with E-state index in [0.717, 1.165) is 6.42 Å². The summed E-state index contributed by atoms with van der Waals surface area (Å²) in [4.78, 5) is 25.8. The number of ether oxygens (including phenoxy) is 1. The van der Waals surface area contributed by atoms with Crippen molar-refractivity contribution >= 4 is 23.2 Å². The molecule has 0 atom stereocenters. The smallest absolute Gasteiger partial charge is 0.264 e. The summed E-state index contributed by atoms with van der Waals surface area (Å²) >= 11 is 0. The third-order valence-electron chi connectivity index (χ3n) is 4.88. The van der Waals surface area contributed by atoms with E-state index in [1.165, 1.54) is 5.56 Å². The van der Waals surface area contributed by atoms with E-state index >= 15 is 0 Å². The van der Waals surface area contributed by atoms with Crippen LogP contribution in [0.15, 0.2) is 48.5 Å². The predicted octanol–water partition coefficient (Wildman–Crippen LogP) is 3.74. The molecular weight excluding hydrogens is 328 g/mol. The third kappa shape index (κ3) is 3.72. The van der Waals surface area contributed by atoms with Crippen molar-refractivity contribution in [3.63, 3.8) is 0 Å². The monoisotopic (exact) mass is 352 g/mol. The quantitative estimate of drug-likeness (QED) is 0.892. The molecule has 0 fully saturated rings. The van der Waals surface area contributed by atoms with Gasteiger partial charge in [0.05, 0.1) is 11.4 Å². The minimum Gasteiger partial charge on any atom is -0.479 e. The number of hydrogen-bond donors (Lipinski definition) is 1. The van der Waals surface area contributed by atoms with E-state index in [4.69, 9.17) is 4.74 Å². The Hall–Kier alpha value is -2.82. The average Bonchev–Trinajstić information content (AvgIpc) is 2.64. The highest BCUT2D eigenvalue weighted by atomic mass is 16.5. The first-order valence-electron chi connectivity index (χ1n) is 8.76. The molecule has 26 heavy (non-hydrogen) atoms.